The minimum Gasteiger partial charge on any atom is -0.360 e. The molecule has 1 aliphatic carbocycles. The molecule has 1 aliphatic heterocycles. The van der Waals surface area contributed by atoms with Crippen LogP contribution in [0.4, 0.5) is 0 Å². The number of para-hydroxylation sites is 1. The maximum absolute atomic E-state index is 13.0. The van der Waals surface area contributed by atoms with Crippen molar-refractivity contribution in [3.05, 3.63) is 70.9 Å². The Morgan fingerprint density at radius 2 is 1.74 bits per heavy atom. The third-order valence-corrected chi connectivity index (χ3v) is 6.67. The van der Waals surface area contributed by atoms with Crippen molar-refractivity contribution < 1.29 is 4.79 Å². The van der Waals surface area contributed by atoms with E-state index in [1.54, 1.807) is 0 Å². The fraction of sp³-hybridized carbons (Fsp3) is 0.375. The molecule has 3 aromatic rings. The quantitative estimate of drug-likeness (QED) is 0.688. The Balaban J connectivity index is 1.61. The molecule has 0 spiro atoms. The van der Waals surface area contributed by atoms with Gasteiger partial charge in [0.15, 0.2) is 0 Å². The molecule has 1 saturated carbocycles. The predicted molar refractivity (Wildman–Crippen MR) is 109 cm³/mol. The Bertz CT molecular complexity index is 989. The summed E-state index contributed by atoms with van der Waals surface area (Å²) < 4.78 is 0. The summed E-state index contributed by atoms with van der Waals surface area (Å²) in [6.45, 7) is 3.91. The number of aromatic amines is 1. The Labute approximate surface area is 160 Å². The van der Waals surface area contributed by atoms with Gasteiger partial charge in [0.2, 0.25) is 0 Å². The van der Waals surface area contributed by atoms with E-state index >= 15 is 0 Å². The van der Waals surface area contributed by atoms with Gasteiger partial charge in [0.1, 0.15) is 0 Å². The first-order chi connectivity index (χ1) is 13.2. The van der Waals surface area contributed by atoms with Crippen molar-refractivity contribution in [2.75, 3.05) is 13.1 Å². The van der Waals surface area contributed by atoms with E-state index in [1.807, 2.05) is 17.0 Å². The van der Waals surface area contributed by atoms with Crippen LogP contribution in [-0.2, 0) is 5.41 Å². The van der Waals surface area contributed by atoms with Crippen LogP contribution in [0, 0.1) is 6.92 Å². The second-order valence-corrected chi connectivity index (χ2v) is 8.23. The fourth-order valence-electron chi connectivity index (χ4n) is 4.94. The third-order valence-electron chi connectivity index (χ3n) is 6.67. The van der Waals surface area contributed by atoms with Gasteiger partial charge in [-0.15, -0.1) is 0 Å². The molecule has 2 aliphatic rings. The lowest BCUT2D eigenvalue weighted by molar-refractivity contribution is 0.0794. The van der Waals surface area contributed by atoms with Crippen molar-refractivity contribution in [2.45, 2.75) is 44.4 Å². The molecule has 2 heterocycles. The molecule has 1 N–H and O–H groups in total. The molecule has 27 heavy (non-hydrogen) atoms. The zero-order chi connectivity index (χ0) is 18.4. The van der Waals surface area contributed by atoms with E-state index in [1.165, 1.54) is 41.3 Å². The molecular formula is C24H26N2O. The Morgan fingerprint density at radius 1 is 1.00 bits per heavy atom. The van der Waals surface area contributed by atoms with Crippen LogP contribution < -0.4 is 0 Å². The molecule has 0 bridgehead atoms. The highest BCUT2D eigenvalue weighted by atomic mass is 16.2. The number of amides is 1. The molecule has 3 nitrogen and oxygen atoms in total. The van der Waals surface area contributed by atoms with E-state index in [-0.39, 0.29) is 11.3 Å². The molecule has 3 heteroatoms. The first kappa shape index (κ1) is 16.6. The van der Waals surface area contributed by atoms with Gasteiger partial charge in [-0.25, -0.2) is 0 Å². The number of benzene rings is 2. The molecule has 1 aromatic heterocycles. The lowest BCUT2D eigenvalue weighted by atomic mass is 9.60. The summed E-state index contributed by atoms with van der Waals surface area (Å²) in [6, 6.07) is 15.2. The number of fused-ring (bicyclic) bond motifs is 1. The third kappa shape index (κ3) is 2.52. The van der Waals surface area contributed by atoms with E-state index in [2.05, 4.69) is 48.4 Å². The number of nitrogens with one attached hydrogen (secondary N) is 1. The predicted octanol–water partition coefficient (Wildman–Crippen LogP) is 5.18. The highest BCUT2D eigenvalue weighted by Crippen LogP contribution is 2.51. The number of rotatable bonds is 3. The van der Waals surface area contributed by atoms with E-state index < -0.39 is 0 Å². The average molecular weight is 358 g/mol. The minimum absolute atomic E-state index is 0.0846. The van der Waals surface area contributed by atoms with Gasteiger partial charge < -0.3 is 9.88 Å². The highest BCUT2D eigenvalue weighted by molar-refractivity contribution is 6.06. The molecule has 1 saturated heterocycles. The first-order valence-corrected chi connectivity index (χ1v) is 10.2. The van der Waals surface area contributed by atoms with Crippen molar-refractivity contribution >= 4 is 16.8 Å². The molecule has 0 unspecified atom stereocenters. The van der Waals surface area contributed by atoms with Crippen molar-refractivity contribution in [1.82, 2.24) is 9.88 Å². The number of carbonyl (C=O) groups excluding carboxylic acids is 1. The van der Waals surface area contributed by atoms with Gasteiger partial charge in [0, 0.05) is 30.1 Å². The van der Waals surface area contributed by atoms with E-state index in [0.717, 1.165) is 37.0 Å². The maximum Gasteiger partial charge on any atom is 0.255 e. The summed E-state index contributed by atoms with van der Waals surface area (Å²) in [7, 11) is 0. The van der Waals surface area contributed by atoms with E-state index in [0.29, 0.717) is 0 Å². The largest absolute Gasteiger partial charge is 0.360 e. The monoisotopic (exact) mass is 358 g/mol. The molecule has 1 amide bonds. The lowest BCUT2D eigenvalue weighted by Crippen LogP contribution is -2.35. The minimum atomic E-state index is 0.0846. The molecule has 0 atom stereocenters. The van der Waals surface area contributed by atoms with Crippen LogP contribution in [0.1, 0.15) is 59.2 Å². The summed E-state index contributed by atoms with van der Waals surface area (Å²) >= 11 is 0. The number of nitrogens with zero attached hydrogens (tertiary/aromatic N) is 1. The zero-order valence-electron chi connectivity index (χ0n) is 15.9. The van der Waals surface area contributed by atoms with Gasteiger partial charge in [-0.3, -0.25) is 4.79 Å². The Morgan fingerprint density at radius 3 is 2.41 bits per heavy atom. The number of H-pyrrole nitrogens is 1. The first-order valence-electron chi connectivity index (χ1n) is 10.2. The molecule has 5 rings (SSSR count). The van der Waals surface area contributed by atoms with Crippen molar-refractivity contribution in [2.24, 2.45) is 0 Å². The maximum atomic E-state index is 13.0. The average Bonchev–Trinajstić information content (AvgIpc) is 3.32. The standard InChI is InChI=1S/C24H26N2O/c1-17-8-10-18(11-9-17)24(12-5-13-24)21-16-25-22-19(21)6-4-7-20(22)23(27)26-14-2-3-15-26/h4,6-11,16,25H,2-3,5,12-15H2,1H3. The summed E-state index contributed by atoms with van der Waals surface area (Å²) in [4.78, 5) is 18.5. The van der Waals surface area contributed by atoms with Crippen LogP contribution in [0.5, 0.6) is 0 Å². The number of likely N-dealkylation sites (tertiary alicyclic amines) is 1. The van der Waals surface area contributed by atoms with Crippen molar-refractivity contribution in [1.29, 1.82) is 0 Å². The summed E-state index contributed by atoms with van der Waals surface area (Å²) in [6.07, 6.45) is 8.00. The van der Waals surface area contributed by atoms with Gasteiger partial charge in [-0.2, -0.15) is 0 Å². The van der Waals surface area contributed by atoms with Gasteiger partial charge >= 0.3 is 0 Å². The molecule has 2 aromatic carbocycles. The van der Waals surface area contributed by atoms with Gasteiger partial charge in [-0.1, -0.05) is 48.4 Å². The van der Waals surface area contributed by atoms with Crippen LogP contribution in [-0.4, -0.2) is 28.9 Å². The number of hydrogen-bond donors (Lipinski definition) is 1. The zero-order valence-corrected chi connectivity index (χ0v) is 15.9. The SMILES string of the molecule is Cc1ccc(C2(c3c[nH]c4c(C(=O)N5CCCC5)cccc34)CCC2)cc1. The number of carbonyl (C=O) groups is 1. The fourth-order valence-corrected chi connectivity index (χ4v) is 4.94. The lowest BCUT2D eigenvalue weighted by Gasteiger charge is -2.42. The number of hydrogen-bond acceptors (Lipinski definition) is 1. The second kappa shape index (κ2) is 6.26. The van der Waals surface area contributed by atoms with Crippen LogP contribution >= 0.6 is 0 Å². The van der Waals surface area contributed by atoms with Gasteiger partial charge in [-0.05, 0) is 49.8 Å². The van der Waals surface area contributed by atoms with E-state index in [9.17, 15) is 4.79 Å². The molecular weight excluding hydrogens is 332 g/mol. The van der Waals surface area contributed by atoms with E-state index in [4.69, 9.17) is 0 Å². The number of aryl methyl sites for hydroxylation is 1. The van der Waals surface area contributed by atoms with Gasteiger partial charge in [0.25, 0.3) is 5.91 Å². The van der Waals surface area contributed by atoms with Gasteiger partial charge in [0.05, 0.1) is 11.1 Å². The smallest absolute Gasteiger partial charge is 0.255 e. The summed E-state index contributed by atoms with van der Waals surface area (Å²) in [5.41, 5.74) is 5.95. The molecule has 0 radical (unpaired) electrons. The summed E-state index contributed by atoms with van der Waals surface area (Å²) in [5.74, 6) is 0.171. The summed E-state index contributed by atoms with van der Waals surface area (Å²) in [5, 5.41) is 1.21. The van der Waals surface area contributed by atoms with Crippen LogP contribution in [0.3, 0.4) is 0 Å². The normalized spacial score (nSPS) is 18.6. The Hall–Kier alpha value is -2.55. The van der Waals surface area contributed by atoms with Crippen molar-refractivity contribution in [3.8, 4) is 0 Å². The second-order valence-electron chi connectivity index (χ2n) is 8.23. The Kier molecular flexibility index (Phi) is 3.85. The number of aromatic nitrogens is 1. The van der Waals surface area contributed by atoms with Crippen LogP contribution in [0.15, 0.2) is 48.7 Å². The highest BCUT2D eigenvalue weighted by Gasteiger charge is 2.42. The van der Waals surface area contributed by atoms with Crippen molar-refractivity contribution in [3.63, 3.8) is 0 Å². The molecule has 2 fully saturated rings. The van der Waals surface area contributed by atoms with Crippen LogP contribution in [0.2, 0.25) is 0 Å². The topological polar surface area (TPSA) is 36.1 Å². The molecule has 138 valence electrons. The van der Waals surface area contributed by atoms with Crippen LogP contribution in [0.25, 0.3) is 10.9 Å².